The van der Waals surface area contributed by atoms with E-state index < -0.39 is 16.9 Å². The molecule has 0 bridgehead atoms. The molecule has 0 aromatic carbocycles. The first-order chi connectivity index (χ1) is 6.71. The Morgan fingerprint density at radius 3 is 2.13 bits per heavy atom. The molecule has 1 aliphatic rings. The van der Waals surface area contributed by atoms with Crippen molar-refractivity contribution in [3.8, 4) is 0 Å². The van der Waals surface area contributed by atoms with Crippen LogP contribution in [0.2, 0.25) is 0 Å². The normalized spacial score (nSPS) is 21.6. The zero-order chi connectivity index (χ0) is 11.9. The summed E-state index contributed by atoms with van der Waals surface area (Å²) in [6.45, 7) is 7.75. The topological polar surface area (TPSA) is 57.6 Å². The first-order valence-corrected chi connectivity index (χ1v) is 5.25. The number of carbonyl (C=O) groups is 2. The number of nitrogens with zero attached hydrogens (tertiary/aromatic N) is 1. The average Bonchev–Trinajstić information content (AvgIpc) is 2.47. The Labute approximate surface area is 90.3 Å². The molecule has 0 aliphatic carbocycles. The van der Waals surface area contributed by atoms with Gasteiger partial charge in [-0.3, -0.25) is 4.79 Å². The van der Waals surface area contributed by atoms with Crippen LogP contribution in [0.4, 0.5) is 0 Å². The van der Waals surface area contributed by atoms with Crippen LogP contribution in [-0.2, 0) is 9.59 Å². The van der Waals surface area contributed by atoms with Gasteiger partial charge in [-0.15, -0.1) is 0 Å². The van der Waals surface area contributed by atoms with Crippen molar-refractivity contribution in [1.29, 1.82) is 0 Å². The first kappa shape index (κ1) is 12.0. The van der Waals surface area contributed by atoms with Crippen LogP contribution in [0.15, 0.2) is 0 Å². The summed E-state index contributed by atoms with van der Waals surface area (Å²) in [4.78, 5) is 24.6. The SMILES string of the molecule is CC(C)(C)C(C)(C(=O)O)N1CCCC1=O. The summed E-state index contributed by atoms with van der Waals surface area (Å²) in [6.07, 6.45) is 1.23. The van der Waals surface area contributed by atoms with Crippen molar-refractivity contribution in [1.82, 2.24) is 4.90 Å². The summed E-state index contributed by atoms with van der Waals surface area (Å²) in [5.74, 6) is -0.972. The van der Waals surface area contributed by atoms with Crippen LogP contribution in [0.25, 0.3) is 0 Å². The Bertz CT molecular complexity index is 293. The molecule has 1 saturated heterocycles. The largest absolute Gasteiger partial charge is 0.479 e. The molecule has 1 atom stereocenters. The van der Waals surface area contributed by atoms with E-state index in [1.807, 2.05) is 20.8 Å². The molecule has 4 heteroatoms. The fourth-order valence-electron chi connectivity index (χ4n) is 1.96. The summed E-state index contributed by atoms with van der Waals surface area (Å²) >= 11 is 0. The number of carboxylic acid groups (broad SMARTS) is 1. The van der Waals surface area contributed by atoms with Gasteiger partial charge in [0.2, 0.25) is 5.91 Å². The number of hydrogen-bond acceptors (Lipinski definition) is 2. The maximum absolute atomic E-state index is 11.6. The minimum Gasteiger partial charge on any atom is -0.479 e. The van der Waals surface area contributed by atoms with Crippen LogP contribution in [-0.4, -0.2) is 34.0 Å². The number of aliphatic carboxylic acids is 1. The lowest BCUT2D eigenvalue weighted by Gasteiger charge is -2.44. The van der Waals surface area contributed by atoms with E-state index in [1.54, 1.807) is 6.92 Å². The van der Waals surface area contributed by atoms with Gasteiger partial charge in [0.05, 0.1) is 0 Å². The molecular weight excluding hydrogens is 194 g/mol. The molecule has 0 aromatic rings. The van der Waals surface area contributed by atoms with Gasteiger partial charge in [-0.1, -0.05) is 20.8 Å². The quantitative estimate of drug-likeness (QED) is 0.756. The van der Waals surface area contributed by atoms with Crippen LogP contribution in [0.3, 0.4) is 0 Å². The van der Waals surface area contributed by atoms with Crippen molar-refractivity contribution in [2.24, 2.45) is 5.41 Å². The molecule has 0 aromatic heterocycles. The predicted octanol–water partition coefficient (Wildman–Crippen LogP) is 1.50. The summed E-state index contributed by atoms with van der Waals surface area (Å²) in [5.41, 5.74) is -1.58. The molecule has 86 valence electrons. The van der Waals surface area contributed by atoms with E-state index in [0.717, 1.165) is 6.42 Å². The van der Waals surface area contributed by atoms with Gasteiger partial charge in [0, 0.05) is 13.0 Å². The van der Waals surface area contributed by atoms with Gasteiger partial charge in [-0.05, 0) is 18.8 Å². The second-order valence-corrected chi connectivity index (χ2v) is 5.28. The number of amides is 1. The lowest BCUT2D eigenvalue weighted by Crippen LogP contribution is -2.60. The molecule has 1 heterocycles. The zero-order valence-electron chi connectivity index (χ0n) is 9.83. The van der Waals surface area contributed by atoms with Crippen LogP contribution in [0.1, 0.15) is 40.5 Å². The third-order valence-corrected chi connectivity index (χ3v) is 3.49. The second kappa shape index (κ2) is 3.51. The maximum atomic E-state index is 11.6. The van der Waals surface area contributed by atoms with E-state index in [-0.39, 0.29) is 5.91 Å². The van der Waals surface area contributed by atoms with Gasteiger partial charge in [0.25, 0.3) is 0 Å². The highest BCUT2D eigenvalue weighted by Crippen LogP contribution is 2.38. The molecule has 1 rings (SSSR count). The van der Waals surface area contributed by atoms with E-state index in [9.17, 15) is 14.7 Å². The number of hydrogen-bond donors (Lipinski definition) is 1. The second-order valence-electron chi connectivity index (χ2n) is 5.28. The minimum atomic E-state index is -1.11. The highest BCUT2D eigenvalue weighted by molar-refractivity contribution is 5.88. The van der Waals surface area contributed by atoms with E-state index in [2.05, 4.69) is 0 Å². The summed E-state index contributed by atoms with van der Waals surface area (Å²) in [6, 6.07) is 0. The van der Waals surface area contributed by atoms with Gasteiger partial charge in [-0.2, -0.15) is 0 Å². The monoisotopic (exact) mass is 213 g/mol. The van der Waals surface area contributed by atoms with Gasteiger partial charge >= 0.3 is 5.97 Å². The summed E-state index contributed by atoms with van der Waals surface area (Å²) in [7, 11) is 0. The number of carboxylic acids is 1. The molecule has 1 fully saturated rings. The van der Waals surface area contributed by atoms with E-state index >= 15 is 0 Å². The van der Waals surface area contributed by atoms with Crippen molar-refractivity contribution in [2.45, 2.75) is 46.1 Å². The van der Waals surface area contributed by atoms with E-state index in [4.69, 9.17) is 0 Å². The Hall–Kier alpha value is -1.06. The molecular formula is C11H19NO3. The fraction of sp³-hybridized carbons (Fsp3) is 0.818. The van der Waals surface area contributed by atoms with E-state index in [0.29, 0.717) is 13.0 Å². The van der Waals surface area contributed by atoms with Gasteiger partial charge in [0.1, 0.15) is 5.54 Å². The number of rotatable bonds is 2. The van der Waals surface area contributed by atoms with Gasteiger partial charge < -0.3 is 10.0 Å². The van der Waals surface area contributed by atoms with Crippen molar-refractivity contribution in [3.63, 3.8) is 0 Å². The molecule has 1 unspecified atom stereocenters. The molecule has 4 nitrogen and oxygen atoms in total. The van der Waals surface area contributed by atoms with Crippen molar-refractivity contribution in [3.05, 3.63) is 0 Å². The predicted molar refractivity (Wildman–Crippen MR) is 56.4 cm³/mol. The molecule has 1 N–H and O–H groups in total. The number of carbonyl (C=O) groups excluding carboxylic acids is 1. The Morgan fingerprint density at radius 2 is 1.87 bits per heavy atom. The lowest BCUT2D eigenvalue weighted by molar-refractivity contribution is -0.164. The Kier molecular flexibility index (Phi) is 2.81. The Balaban J connectivity index is 3.12. The van der Waals surface area contributed by atoms with Crippen LogP contribution in [0.5, 0.6) is 0 Å². The van der Waals surface area contributed by atoms with E-state index in [1.165, 1.54) is 4.90 Å². The smallest absolute Gasteiger partial charge is 0.329 e. The molecule has 1 aliphatic heterocycles. The number of likely N-dealkylation sites (tertiary alicyclic amines) is 1. The van der Waals surface area contributed by atoms with Crippen molar-refractivity contribution in [2.75, 3.05) is 6.54 Å². The highest BCUT2D eigenvalue weighted by atomic mass is 16.4. The minimum absolute atomic E-state index is 0.0465. The summed E-state index contributed by atoms with van der Waals surface area (Å²) in [5, 5.41) is 9.35. The molecule has 1 amide bonds. The molecule has 0 radical (unpaired) electrons. The third-order valence-electron chi connectivity index (χ3n) is 3.49. The van der Waals surface area contributed by atoms with Crippen LogP contribution in [0, 0.1) is 5.41 Å². The van der Waals surface area contributed by atoms with Crippen LogP contribution < -0.4 is 0 Å². The van der Waals surface area contributed by atoms with Crippen LogP contribution >= 0.6 is 0 Å². The average molecular weight is 213 g/mol. The summed E-state index contributed by atoms with van der Waals surface area (Å²) < 4.78 is 0. The van der Waals surface area contributed by atoms with Crippen molar-refractivity contribution < 1.29 is 14.7 Å². The van der Waals surface area contributed by atoms with Gasteiger partial charge in [-0.25, -0.2) is 4.79 Å². The fourth-order valence-corrected chi connectivity index (χ4v) is 1.96. The molecule has 0 spiro atoms. The van der Waals surface area contributed by atoms with Gasteiger partial charge in [0.15, 0.2) is 0 Å². The standard InChI is InChI=1S/C11H19NO3/c1-10(2,3)11(4,9(14)15)12-7-5-6-8(12)13/h5-7H2,1-4H3,(H,14,15). The third kappa shape index (κ3) is 1.73. The highest BCUT2D eigenvalue weighted by Gasteiger charge is 2.52. The maximum Gasteiger partial charge on any atom is 0.329 e. The lowest BCUT2D eigenvalue weighted by atomic mass is 9.73. The first-order valence-electron chi connectivity index (χ1n) is 5.25. The zero-order valence-corrected chi connectivity index (χ0v) is 9.83. The molecule has 15 heavy (non-hydrogen) atoms. The van der Waals surface area contributed by atoms with Crippen molar-refractivity contribution >= 4 is 11.9 Å². The molecule has 0 saturated carbocycles. The Morgan fingerprint density at radius 1 is 1.33 bits per heavy atom.